The van der Waals surface area contributed by atoms with E-state index in [-0.39, 0.29) is 18.4 Å². The lowest BCUT2D eigenvalue weighted by molar-refractivity contribution is -0.118. The maximum absolute atomic E-state index is 13.3. The van der Waals surface area contributed by atoms with Crippen LogP contribution in [-0.2, 0) is 9.59 Å². The zero-order valence-corrected chi connectivity index (χ0v) is 21.2. The number of ether oxygens (including phenoxy) is 1. The van der Waals surface area contributed by atoms with Gasteiger partial charge in [-0.3, -0.25) is 9.59 Å². The molecule has 0 heterocycles. The molecule has 0 bridgehead atoms. The molecule has 1 atom stereocenters. The van der Waals surface area contributed by atoms with E-state index in [1.54, 1.807) is 24.3 Å². The minimum Gasteiger partial charge on any atom is -0.484 e. The fraction of sp³-hybridized carbons (Fsp3) is 0.103. The lowest BCUT2D eigenvalue weighted by Crippen LogP contribution is -2.20. The number of hydrogen-bond acceptors (Lipinski definition) is 4. The van der Waals surface area contributed by atoms with Crippen molar-refractivity contribution < 1.29 is 14.3 Å². The molecule has 182 valence electrons. The Morgan fingerprint density at radius 1 is 0.833 bits per heavy atom. The second kappa shape index (κ2) is 12.3. The largest absolute Gasteiger partial charge is 0.484 e. The number of benzene rings is 4. The number of carbonyl (C=O) groups excluding carboxylic acids is 2. The van der Waals surface area contributed by atoms with Gasteiger partial charge in [0.1, 0.15) is 11.0 Å². The van der Waals surface area contributed by atoms with Crippen molar-refractivity contribution >= 4 is 46.6 Å². The minimum atomic E-state index is -0.515. The van der Waals surface area contributed by atoms with Crippen molar-refractivity contribution in [3.8, 4) is 5.75 Å². The van der Waals surface area contributed by atoms with Crippen LogP contribution in [0.15, 0.2) is 108 Å². The van der Waals surface area contributed by atoms with Crippen LogP contribution in [0.25, 0.3) is 0 Å². The maximum Gasteiger partial charge on any atom is 0.262 e. The van der Waals surface area contributed by atoms with Gasteiger partial charge in [0.25, 0.3) is 5.91 Å². The second-order valence-corrected chi connectivity index (χ2v) is 9.63. The lowest BCUT2D eigenvalue weighted by atomic mass is 10.1. The van der Waals surface area contributed by atoms with E-state index >= 15 is 0 Å². The predicted molar refractivity (Wildman–Crippen MR) is 147 cm³/mol. The molecule has 2 amide bonds. The molecular formula is C29H25ClN2O3S. The molecule has 0 aliphatic heterocycles. The van der Waals surface area contributed by atoms with Crippen LogP contribution < -0.4 is 15.4 Å². The molecule has 0 spiro atoms. The predicted octanol–water partition coefficient (Wildman–Crippen LogP) is 7.14. The number of aryl methyl sites for hydroxylation is 1. The van der Waals surface area contributed by atoms with Gasteiger partial charge in [-0.05, 0) is 60.5 Å². The molecule has 0 saturated carbocycles. The van der Waals surface area contributed by atoms with E-state index in [1.807, 2.05) is 85.8 Å². The van der Waals surface area contributed by atoms with Crippen LogP contribution in [0.2, 0.25) is 5.02 Å². The Labute approximate surface area is 219 Å². The minimum absolute atomic E-state index is 0.102. The highest BCUT2D eigenvalue weighted by Gasteiger charge is 2.22. The highest BCUT2D eigenvalue weighted by atomic mass is 35.5. The number of hydrogen-bond donors (Lipinski definition) is 2. The van der Waals surface area contributed by atoms with Gasteiger partial charge in [-0.15, -0.1) is 11.8 Å². The molecule has 0 fully saturated rings. The fourth-order valence-electron chi connectivity index (χ4n) is 3.43. The third kappa shape index (κ3) is 7.13. The van der Waals surface area contributed by atoms with Gasteiger partial charge in [-0.2, -0.15) is 0 Å². The molecule has 0 saturated heterocycles. The Morgan fingerprint density at radius 2 is 1.53 bits per heavy atom. The van der Waals surface area contributed by atoms with Crippen LogP contribution in [0, 0.1) is 6.92 Å². The van der Waals surface area contributed by atoms with Crippen molar-refractivity contribution in [1.29, 1.82) is 0 Å². The molecule has 0 aliphatic rings. The van der Waals surface area contributed by atoms with E-state index in [4.69, 9.17) is 16.3 Å². The van der Waals surface area contributed by atoms with E-state index in [1.165, 1.54) is 11.8 Å². The SMILES string of the molecule is Cc1ccc(NC(=O)C(Sc2cccc(NC(=O)COc3ccccc3)c2)c2ccccc2)cc1Cl. The number of rotatable bonds is 9. The Morgan fingerprint density at radius 3 is 2.25 bits per heavy atom. The van der Waals surface area contributed by atoms with Crippen molar-refractivity contribution in [1.82, 2.24) is 0 Å². The molecule has 1 unspecified atom stereocenters. The lowest BCUT2D eigenvalue weighted by Gasteiger charge is -2.18. The van der Waals surface area contributed by atoms with Gasteiger partial charge in [0.05, 0.1) is 0 Å². The number of para-hydroxylation sites is 1. The average molecular weight is 517 g/mol. The Hall–Kier alpha value is -3.74. The van der Waals surface area contributed by atoms with Crippen LogP contribution >= 0.6 is 23.4 Å². The summed E-state index contributed by atoms with van der Waals surface area (Å²) in [5.74, 6) is 0.190. The molecule has 0 aromatic heterocycles. The number of nitrogens with one attached hydrogen (secondary N) is 2. The quantitative estimate of drug-likeness (QED) is 0.232. The van der Waals surface area contributed by atoms with Gasteiger partial charge in [0.2, 0.25) is 5.91 Å². The molecule has 5 nitrogen and oxygen atoms in total. The summed E-state index contributed by atoms with van der Waals surface area (Å²) < 4.78 is 5.52. The average Bonchev–Trinajstić information content (AvgIpc) is 2.89. The Balaban J connectivity index is 1.46. The molecule has 4 aromatic carbocycles. The first-order chi connectivity index (χ1) is 17.5. The van der Waals surface area contributed by atoms with Gasteiger partial charge < -0.3 is 15.4 Å². The molecular weight excluding hydrogens is 492 g/mol. The third-order valence-electron chi connectivity index (χ3n) is 5.26. The van der Waals surface area contributed by atoms with E-state index in [9.17, 15) is 9.59 Å². The van der Waals surface area contributed by atoms with Gasteiger partial charge in [0, 0.05) is 21.3 Å². The normalized spacial score (nSPS) is 11.4. The van der Waals surface area contributed by atoms with Crippen molar-refractivity contribution in [2.45, 2.75) is 17.1 Å². The summed E-state index contributed by atoms with van der Waals surface area (Å²) in [6.45, 7) is 1.81. The van der Waals surface area contributed by atoms with Crippen LogP contribution in [0.5, 0.6) is 5.75 Å². The van der Waals surface area contributed by atoms with E-state index in [0.29, 0.717) is 22.1 Å². The van der Waals surface area contributed by atoms with E-state index in [0.717, 1.165) is 16.0 Å². The van der Waals surface area contributed by atoms with Gasteiger partial charge in [0.15, 0.2) is 6.61 Å². The summed E-state index contributed by atoms with van der Waals surface area (Å²) in [5.41, 5.74) is 3.07. The van der Waals surface area contributed by atoms with Crippen LogP contribution in [0.3, 0.4) is 0 Å². The number of amides is 2. The van der Waals surface area contributed by atoms with Crippen LogP contribution in [0.4, 0.5) is 11.4 Å². The number of halogens is 1. The van der Waals surface area contributed by atoms with Gasteiger partial charge >= 0.3 is 0 Å². The molecule has 2 N–H and O–H groups in total. The highest BCUT2D eigenvalue weighted by molar-refractivity contribution is 8.00. The Kier molecular flexibility index (Phi) is 8.66. The van der Waals surface area contributed by atoms with Crippen molar-refractivity contribution in [3.63, 3.8) is 0 Å². The van der Waals surface area contributed by atoms with Crippen molar-refractivity contribution in [3.05, 3.63) is 119 Å². The second-order valence-electron chi connectivity index (χ2n) is 8.04. The first-order valence-electron chi connectivity index (χ1n) is 11.3. The molecule has 4 aromatic rings. The monoisotopic (exact) mass is 516 g/mol. The fourth-order valence-corrected chi connectivity index (χ4v) is 4.69. The van der Waals surface area contributed by atoms with Crippen molar-refractivity contribution in [2.75, 3.05) is 17.2 Å². The van der Waals surface area contributed by atoms with Gasteiger partial charge in [-0.25, -0.2) is 0 Å². The maximum atomic E-state index is 13.3. The molecule has 4 rings (SSSR count). The first-order valence-corrected chi connectivity index (χ1v) is 12.6. The van der Waals surface area contributed by atoms with Crippen molar-refractivity contribution in [2.24, 2.45) is 0 Å². The summed E-state index contributed by atoms with van der Waals surface area (Å²) in [6, 6.07) is 31.6. The summed E-state index contributed by atoms with van der Waals surface area (Å²) in [5, 5.41) is 5.91. The smallest absolute Gasteiger partial charge is 0.262 e. The standard InChI is InChI=1S/C29H25ClN2O3S/c1-20-15-16-23(18-26(20)30)32-29(34)28(21-9-4-2-5-10-21)36-25-14-8-11-22(17-25)31-27(33)19-35-24-12-6-3-7-13-24/h2-18,28H,19H2,1H3,(H,31,33)(H,32,34). The molecule has 36 heavy (non-hydrogen) atoms. The highest BCUT2D eigenvalue weighted by Crippen LogP contribution is 2.37. The zero-order valence-electron chi connectivity index (χ0n) is 19.6. The zero-order chi connectivity index (χ0) is 25.3. The topological polar surface area (TPSA) is 67.4 Å². The molecule has 0 aliphatic carbocycles. The molecule has 7 heteroatoms. The van der Waals surface area contributed by atoms with Crippen LogP contribution in [-0.4, -0.2) is 18.4 Å². The van der Waals surface area contributed by atoms with Crippen LogP contribution in [0.1, 0.15) is 16.4 Å². The Bertz CT molecular complexity index is 1330. The third-order valence-corrected chi connectivity index (χ3v) is 6.92. The number of anilines is 2. The summed E-state index contributed by atoms with van der Waals surface area (Å²) >= 11 is 7.64. The summed E-state index contributed by atoms with van der Waals surface area (Å²) in [6.07, 6.45) is 0. The van der Waals surface area contributed by atoms with Gasteiger partial charge in [-0.1, -0.05) is 72.3 Å². The van der Waals surface area contributed by atoms with E-state index < -0.39 is 5.25 Å². The summed E-state index contributed by atoms with van der Waals surface area (Å²) in [4.78, 5) is 26.6. The summed E-state index contributed by atoms with van der Waals surface area (Å²) in [7, 11) is 0. The number of thioether (sulfide) groups is 1. The first kappa shape index (κ1) is 25.4. The van der Waals surface area contributed by atoms with E-state index in [2.05, 4.69) is 10.6 Å². The molecule has 0 radical (unpaired) electrons. The number of carbonyl (C=O) groups is 2.